The molecule has 0 saturated carbocycles. The number of nitrogens with zero attached hydrogens (tertiary/aromatic N) is 4. The lowest BCUT2D eigenvalue weighted by Crippen LogP contribution is -2.15. The van der Waals surface area contributed by atoms with E-state index in [1.165, 1.54) is 11.1 Å². The van der Waals surface area contributed by atoms with Crippen molar-refractivity contribution in [2.75, 3.05) is 0 Å². The van der Waals surface area contributed by atoms with Crippen LogP contribution in [0.15, 0.2) is 75.6 Å². The summed E-state index contributed by atoms with van der Waals surface area (Å²) in [7, 11) is 0. The first-order chi connectivity index (χ1) is 19.4. The number of aromatic nitrogens is 4. The molecule has 6 heteroatoms. The van der Waals surface area contributed by atoms with Gasteiger partial charge >= 0.3 is 0 Å². The summed E-state index contributed by atoms with van der Waals surface area (Å²) in [6.45, 7) is 17.7. The monoisotopic (exact) mass is 580 g/mol. The second-order valence-corrected chi connectivity index (χ2v) is 13.0. The van der Waals surface area contributed by atoms with Gasteiger partial charge in [-0.15, -0.1) is 20.4 Å². The molecule has 0 saturated heterocycles. The van der Waals surface area contributed by atoms with Gasteiger partial charge in [0.25, 0.3) is 0 Å². The molecule has 5 aromatic rings. The highest BCUT2D eigenvalue weighted by Crippen LogP contribution is 2.36. The van der Waals surface area contributed by atoms with Crippen molar-refractivity contribution in [3.63, 3.8) is 0 Å². The Morgan fingerprint density at radius 3 is 1.40 bits per heavy atom. The van der Waals surface area contributed by atoms with E-state index in [1.807, 2.05) is 30.3 Å². The van der Waals surface area contributed by atoms with Crippen LogP contribution in [0.25, 0.3) is 45.8 Å². The average Bonchev–Trinajstić information content (AvgIpc) is 3.64. The van der Waals surface area contributed by atoms with Crippen molar-refractivity contribution in [3.8, 4) is 45.8 Å². The van der Waals surface area contributed by atoms with E-state index in [1.54, 1.807) is 0 Å². The van der Waals surface area contributed by atoms with E-state index in [-0.39, 0.29) is 25.7 Å². The quantitative estimate of drug-likeness (QED) is 0.182. The normalized spacial score (nSPS) is 11.7. The Morgan fingerprint density at radius 1 is 0.581 bits per heavy atom. The van der Waals surface area contributed by atoms with Crippen LogP contribution in [-0.2, 0) is 17.3 Å². The van der Waals surface area contributed by atoms with Gasteiger partial charge in [-0.05, 0) is 88.7 Å². The largest absolute Gasteiger partial charge is 0.416 e. The van der Waals surface area contributed by atoms with E-state index in [9.17, 15) is 0 Å². The molecule has 0 radical (unpaired) electrons. The first-order valence-electron chi connectivity index (χ1n) is 14.5. The molecule has 0 atom stereocenters. The maximum atomic E-state index is 6.20. The lowest BCUT2D eigenvalue weighted by Gasteiger charge is -2.24. The number of rotatable bonds is 8. The van der Waals surface area contributed by atoms with Crippen LogP contribution in [0.2, 0.25) is 0 Å². The Labute approximate surface area is 258 Å². The van der Waals surface area contributed by atoms with Crippen molar-refractivity contribution >= 4 is 0 Å². The predicted molar refractivity (Wildman–Crippen MR) is 178 cm³/mol. The summed E-state index contributed by atoms with van der Waals surface area (Å²) in [4.78, 5) is 0. The molecule has 0 aliphatic rings. The third-order valence-electron chi connectivity index (χ3n) is 7.78. The summed E-state index contributed by atoms with van der Waals surface area (Å²) >= 11 is 0. The van der Waals surface area contributed by atoms with Crippen LogP contribution < -0.4 is 0 Å². The van der Waals surface area contributed by atoms with Gasteiger partial charge in [0.05, 0.1) is 0 Å². The Kier molecular flexibility index (Phi) is 10.2. The molecule has 0 fully saturated rings. The molecule has 0 unspecified atom stereocenters. The molecule has 0 aliphatic carbocycles. The van der Waals surface area contributed by atoms with Crippen LogP contribution in [0.4, 0.5) is 0 Å². The standard InChI is InChI=1S/C35H40N4O2.2CH4/c1-9-35(7,8)29-20-26(32-38-36-30(40-32)24-12-10-23(11-13-24)18-22(2)3)19-27(21-29)33-39-37-31(41-33)25-14-16-28(17-15-25)34(4,5)6;;/h10-17,19-22H,9,18H2,1-8H3;2*1H4. The van der Waals surface area contributed by atoms with Crippen LogP contribution in [0, 0.1) is 5.92 Å². The second kappa shape index (κ2) is 13.1. The molecular formula is C37H48N4O2. The molecule has 0 N–H and O–H groups in total. The van der Waals surface area contributed by atoms with Crippen molar-refractivity contribution in [3.05, 3.63) is 83.4 Å². The van der Waals surface area contributed by atoms with Crippen LogP contribution in [-0.4, -0.2) is 20.4 Å². The van der Waals surface area contributed by atoms with Crippen LogP contribution in [0.5, 0.6) is 0 Å². The molecule has 43 heavy (non-hydrogen) atoms. The zero-order valence-corrected chi connectivity index (χ0v) is 25.4. The van der Waals surface area contributed by atoms with Crippen LogP contribution in [0.3, 0.4) is 0 Å². The van der Waals surface area contributed by atoms with E-state index < -0.39 is 0 Å². The van der Waals surface area contributed by atoms with Crippen molar-refractivity contribution < 1.29 is 8.83 Å². The first-order valence-corrected chi connectivity index (χ1v) is 14.5. The number of hydrogen-bond donors (Lipinski definition) is 0. The molecular weight excluding hydrogens is 532 g/mol. The lowest BCUT2D eigenvalue weighted by molar-refractivity contribution is 0.505. The lowest BCUT2D eigenvalue weighted by atomic mass is 9.81. The number of hydrogen-bond acceptors (Lipinski definition) is 6. The van der Waals surface area contributed by atoms with E-state index in [0.717, 1.165) is 40.7 Å². The second-order valence-electron chi connectivity index (χ2n) is 13.0. The highest BCUT2D eigenvalue weighted by molar-refractivity contribution is 5.68. The highest BCUT2D eigenvalue weighted by atomic mass is 16.4. The van der Waals surface area contributed by atoms with Gasteiger partial charge < -0.3 is 8.83 Å². The maximum absolute atomic E-state index is 6.20. The summed E-state index contributed by atoms with van der Waals surface area (Å²) in [6, 6.07) is 22.9. The minimum atomic E-state index is -0.0779. The molecule has 3 aromatic carbocycles. The minimum absolute atomic E-state index is 0. The summed E-state index contributed by atoms with van der Waals surface area (Å²) in [5.74, 6) is 2.50. The van der Waals surface area contributed by atoms with Crippen molar-refractivity contribution in [2.24, 2.45) is 5.92 Å². The Bertz CT molecular complexity index is 1620. The highest BCUT2D eigenvalue weighted by Gasteiger charge is 2.23. The first kappa shape index (κ1) is 33.4. The van der Waals surface area contributed by atoms with Gasteiger partial charge in [-0.25, -0.2) is 0 Å². The molecule has 2 aromatic heterocycles. The molecule has 0 aliphatic heterocycles. The Hall–Kier alpha value is -4.06. The van der Waals surface area contributed by atoms with E-state index in [4.69, 9.17) is 8.83 Å². The van der Waals surface area contributed by atoms with Crippen molar-refractivity contribution in [2.45, 2.75) is 93.9 Å². The van der Waals surface area contributed by atoms with Gasteiger partial charge in [0, 0.05) is 22.3 Å². The summed E-state index contributed by atoms with van der Waals surface area (Å²) in [5.41, 5.74) is 7.13. The van der Waals surface area contributed by atoms with Gasteiger partial charge in [-0.2, -0.15) is 0 Å². The third-order valence-corrected chi connectivity index (χ3v) is 7.78. The molecule has 2 heterocycles. The fraction of sp³-hybridized carbons (Fsp3) is 0.405. The summed E-state index contributed by atoms with van der Waals surface area (Å²) in [5, 5.41) is 17.6. The Morgan fingerprint density at radius 2 is 1.00 bits per heavy atom. The van der Waals surface area contributed by atoms with E-state index in [2.05, 4.69) is 112 Å². The topological polar surface area (TPSA) is 77.8 Å². The fourth-order valence-corrected chi connectivity index (χ4v) is 4.75. The van der Waals surface area contributed by atoms with Gasteiger partial charge in [-0.3, -0.25) is 0 Å². The summed E-state index contributed by atoms with van der Waals surface area (Å²) in [6.07, 6.45) is 2.00. The van der Waals surface area contributed by atoms with Crippen molar-refractivity contribution in [1.82, 2.24) is 20.4 Å². The van der Waals surface area contributed by atoms with Crippen molar-refractivity contribution in [1.29, 1.82) is 0 Å². The van der Waals surface area contributed by atoms with Crippen LogP contribution in [0.1, 0.15) is 93.4 Å². The van der Waals surface area contributed by atoms with Gasteiger partial charge in [-0.1, -0.05) is 94.5 Å². The van der Waals surface area contributed by atoms with E-state index in [0.29, 0.717) is 29.5 Å². The Balaban J connectivity index is 0.00000253. The zero-order valence-electron chi connectivity index (χ0n) is 25.4. The smallest absolute Gasteiger partial charge is 0.248 e. The van der Waals surface area contributed by atoms with Gasteiger partial charge in [0.1, 0.15) is 0 Å². The third kappa shape index (κ3) is 7.48. The molecule has 5 rings (SSSR count). The van der Waals surface area contributed by atoms with E-state index >= 15 is 0 Å². The molecule has 0 spiro atoms. The average molecular weight is 581 g/mol. The minimum Gasteiger partial charge on any atom is -0.416 e. The summed E-state index contributed by atoms with van der Waals surface area (Å²) < 4.78 is 12.4. The number of benzene rings is 3. The molecule has 228 valence electrons. The SMILES string of the molecule is C.C.CCC(C)(C)c1cc(-c2nnc(-c3ccc(CC(C)C)cc3)o2)cc(-c2nnc(-c3ccc(C(C)(C)C)cc3)o2)c1. The van der Waals surface area contributed by atoms with Crippen LogP contribution >= 0.6 is 0 Å². The molecule has 0 amide bonds. The maximum Gasteiger partial charge on any atom is 0.248 e. The predicted octanol–water partition coefficient (Wildman–Crippen LogP) is 10.6. The molecule has 0 bridgehead atoms. The zero-order chi connectivity index (χ0) is 29.4. The van der Waals surface area contributed by atoms with Gasteiger partial charge in [0.2, 0.25) is 23.6 Å². The van der Waals surface area contributed by atoms with Gasteiger partial charge in [0.15, 0.2) is 0 Å². The molecule has 6 nitrogen and oxygen atoms in total. The fourth-order valence-electron chi connectivity index (χ4n) is 4.75.